The largest absolute Gasteiger partial charge is 0.372 e. The second kappa shape index (κ2) is 5.87. The summed E-state index contributed by atoms with van der Waals surface area (Å²) < 4.78 is 0. The third-order valence-corrected chi connectivity index (χ3v) is 3.60. The molecule has 0 N–H and O–H groups in total. The van der Waals surface area contributed by atoms with Gasteiger partial charge in [-0.15, -0.1) is 0 Å². The van der Waals surface area contributed by atoms with Crippen molar-refractivity contribution in [2.24, 2.45) is 0 Å². The Morgan fingerprint density at radius 3 is 2.21 bits per heavy atom. The molecule has 0 heterocycles. The van der Waals surface area contributed by atoms with Gasteiger partial charge in [-0.2, -0.15) is 0 Å². The van der Waals surface area contributed by atoms with Gasteiger partial charge < -0.3 is 4.90 Å². The van der Waals surface area contributed by atoms with Crippen molar-refractivity contribution in [3.8, 4) is 0 Å². The predicted octanol–water partition coefficient (Wildman–Crippen LogP) is 4.28. The number of carbonyl (C=O) groups excluding carboxylic acids is 1. The Kier molecular flexibility index (Phi) is 4.20. The predicted molar refractivity (Wildman–Crippen MR) is 82.1 cm³/mol. The summed E-state index contributed by atoms with van der Waals surface area (Å²) in [6.45, 7) is 8.24. The number of anilines is 1. The van der Waals surface area contributed by atoms with Crippen LogP contribution in [0.2, 0.25) is 0 Å². The van der Waals surface area contributed by atoms with E-state index in [4.69, 9.17) is 0 Å². The molecule has 0 unspecified atom stereocenters. The van der Waals surface area contributed by atoms with Crippen molar-refractivity contribution < 1.29 is 4.79 Å². The standard InChI is InChI=1S/C17H21NO/c1-4-17(19)15-8-7-14-12-16(18(5-2)6-3)10-9-13(14)11-15/h7-12H,4-6H2,1-3H3. The quantitative estimate of drug-likeness (QED) is 0.743. The first kappa shape index (κ1) is 13.6. The molecule has 0 bridgehead atoms. The molecule has 0 amide bonds. The molecule has 0 saturated carbocycles. The third-order valence-electron chi connectivity index (χ3n) is 3.60. The molecule has 0 aliphatic carbocycles. The number of benzene rings is 2. The highest BCUT2D eigenvalue weighted by Crippen LogP contribution is 2.23. The average Bonchev–Trinajstić information content (AvgIpc) is 2.47. The summed E-state index contributed by atoms with van der Waals surface area (Å²) in [5.74, 6) is 0.203. The van der Waals surface area contributed by atoms with Crippen LogP contribution in [-0.4, -0.2) is 18.9 Å². The van der Waals surface area contributed by atoms with Crippen LogP contribution in [0.25, 0.3) is 10.8 Å². The minimum Gasteiger partial charge on any atom is -0.372 e. The molecule has 0 aliphatic rings. The van der Waals surface area contributed by atoms with Crippen molar-refractivity contribution in [3.63, 3.8) is 0 Å². The Morgan fingerprint density at radius 1 is 0.947 bits per heavy atom. The molecule has 0 spiro atoms. The van der Waals surface area contributed by atoms with Crippen molar-refractivity contribution in [1.29, 1.82) is 0 Å². The number of rotatable bonds is 5. The van der Waals surface area contributed by atoms with Gasteiger partial charge in [-0.05, 0) is 42.8 Å². The lowest BCUT2D eigenvalue weighted by Gasteiger charge is -2.21. The van der Waals surface area contributed by atoms with Crippen molar-refractivity contribution in [1.82, 2.24) is 0 Å². The second-order valence-electron chi connectivity index (χ2n) is 4.70. The fraction of sp³-hybridized carbons (Fsp3) is 0.353. The fourth-order valence-corrected chi connectivity index (χ4v) is 2.40. The summed E-state index contributed by atoms with van der Waals surface area (Å²) in [7, 11) is 0. The normalized spacial score (nSPS) is 10.7. The summed E-state index contributed by atoms with van der Waals surface area (Å²) in [4.78, 5) is 14.0. The van der Waals surface area contributed by atoms with Crippen LogP contribution < -0.4 is 4.90 Å². The van der Waals surface area contributed by atoms with Crippen molar-refractivity contribution in [2.75, 3.05) is 18.0 Å². The zero-order valence-corrected chi connectivity index (χ0v) is 11.9. The Hall–Kier alpha value is -1.83. The van der Waals surface area contributed by atoms with Gasteiger partial charge in [0.2, 0.25) is 0 Å². The zero-order chi connectivity index (χ0) is 13.8. The molecule has 0 aliphatic heterocycles. The zero-order valence-electron chi connectivity index (χ0n) is 11.9. The van der Waals surface area contributed by atoms with E-state index >= 15 is 0 Å². The van der Waals surface area contributed by atoms with Gasteiger partial charge in [-0.25, -0.2) is 0 Å². The van der Waals surface area contributed by atoms with Crippen LogP contribution in [0.3, 0.4) is 0 Å². The van der Waals surface area contributed by atoms with E-state index in [1.807, 2.05) is 25.1 Å². The van der Waals surface area contributed by atoms with Crippen molar-refractivity contribution in [2.45, 2.75) is 27.2 Å². The molecule has 0 atom stereocenters. The van der Waals surface area contributed by atoms with E-state index in [2.05, 4.69) is 36.9 Å². The molecule has 0 fully saturated rings. The number of Topliss-reactive ketones (excluding diaryl/α,β-unsaturated/α-hetero) is 1. The van der Waals surface area contributed by atoms with E-state index in [0.29, 0.717) is 6.42 Å². The van der Waals surface area contributed by atoms with Crippen LogP contribution in [0.5, 0.6) is 0 Å². The second-order valence-corrected chi connectivity index (χ2v) is 4.70. The van der Waals surface area contributed by atoms with Crippen LogP contribution in [0, 0.1) is 0 Å². The van der Waals surface area contributed by atoms with E-state index in [-0.39, 0.29) is 5.78 Å². The molecule has 0 radical (unpaired) electrons. The van der Waals surface area contributed by atoms with E-state index in [1.165, 1.54) is 11.1 Å². The van der Waals surface area contributed by atoms with Gasteiger partial charge >= 0.3 is 0 Å². The number of hydrogen-bond donors (Lipinski definition) is 0. The van der Waals surface area contributed by atoms with Crippen molar-refractivity contribution in [3.05, 3.63) is 42.0 Å². The van der Waals surface area contributed by atoms with Crippen LogP contribution >= 0.6 is 0 Å². The highest BCUT2D eigenvalue weighted by Gasteiger charge is 2.06. The molecule has 2 aromatic carbocycles. The molecule has 19 heavy (non-hydrogen) atoms. The topological polar surface area (TPSA) is 20.3 Å². The Labute approximate surface area is 115 Å². The summed E-state index contributed by atoms with van der Waals surface area (Å²) >= 11 is 0. The lowest BCUT2D eigenvalue weighted by Crippen LogP contribution is -2.21. The summed E-state index contributed by atoms with van der Waals surface area (Å²) in [5, 5.41) is 2.33. The minimum atomic E-state index is 0.203. The van der Waals surface area contributed by atoms with Crippen LogP contribution in [0.15, 0.2) is 36.4 Å². The first-order valence-corrected chi connectivity index (χ1v) is 7.01. The van der Waals surface area contributed by atoms with E-state index < -0.39 is 0 Å². The first-order valence-electron chi connectivity index (χ1n) is 7.01. The maximum atomic E-state index is 11.7. The Bertz CT molecular complexity index is 585. The number of hydrogen-bond acceptors (Lipinski definition) is 2. The maximum Gasteiger partial charge on any atom is 0.162 e. The molecule has 2 nitrogen and oxygen atoms in total. The molecule has 100 valence electrons. The minimum absolute atomic E-state index is 0.203. The van der Waals surface area contributed by atoms with Gasteiger partial charge in [0.1, 0.15) is 0 Å². The van der Waals surface area contributed by atoms with Gasteiger partial charge in [0.25, 0.3) is 0 Å². The van der Waals surface area contributed by atoms with Crippen LogP contribution in [-0.2, 0) is 0 Å². The highest BCUT2D eigenvalue weighted by atomic mass is 16.1. The molecule has 2 aromatic rings. The van der Waals surface area contributed by atoms with Gasteiger partial charge in [-0.3, -0.25) is 4.79 Å². The first-order chi connectivity index (χ1) is 9.19. The smallest absolute Gasteiger partial charge is 0.162 e. The van der Waals surface area contributed by atoms with Crippen LogP contribution in [0.4, 0.5) is 5.69 Å². The van der Waals surface area contributed by atoms with Crippen molar-refractivity contribution >= 4 is 22.2 Å². The average molecular weight is 255 g/mol. The van der Waals surface area contributed by atoms with E-state index in [9.17, 15) is 4.79 Å². The number of carbonyl (C=O) groups is 1. The number of ketones is 1. The monoisotopic (exact) mass is 255 g/mol. The summed E-state index contributed by atoms with van der Waals surface area (Å²) in [6, 6.07) is 12.4. The van der Waals surface area contributed by atoms with Gasteiger partial charge in [0.05, 0.1) is 0 Å². The Morgan fingerprint density at radius 2 is 1.58 bits per heavy atom. The highest BCUT2D eigenvalue weighted by molar-refractivity contribution is 6.00. The van der Waals surface area contributed by atoms with E-state index in [0.717, 1.165) is 24.0 Å². The SMILES string of the molecule is CCC(=O)c1ccc2cc(N(CC)CC)ccc2c1. The molecule has 0 saturated heterocycles. The van der Waals surface area contributed by atoms with Gasteiger partial charge in [0.15, 0.2) is 5.78 Å². The summed E-state index contributed by atoms with van der Waals surface area (Å²) in [6.07, 6.45) is 0.559. The third kappa shape index (κ3) is 2.78. The van der Waals surface area contributed by atoms with Crippen LogP contribution in [0.1, 0.15) is 37.6 Å². The van der Waals surface area contributed by atoms with Gasteiger partial charge in [-0.1, -0.05) is 25.1 Å². The summed E-state index contributed by atoms with van der Waals surface area (Å²) in [5.41, 5.74) is 2.05. The lowest BCUT2D eigenvalue weighted by atomic mass is 10.0. The fourth-order valence-electron chi connectivity index (χ4n) is 2.40. The number of fused-ring (bicyclic) bond motifs is 1. The number of nitrogens with zero attached hydrogens (tertiary/aromatic N) is 1. The van der Waals surface area contributed by atoms with Gasteiger partial charge in [0, 0.05) is 30.8 Å². The molecular weight excluding hydrogens is 234 g/mol. The molecule has 2 heteroatoms. The molecule has 0 aromatic heterocycles. The Balaban J connectivity index is 2.43. The molecule has 2 rings (SSSR count). The lowest BCUT2D eigenvalue weighted by molar-refractivity contribution is 0.0988. The van der Waals surface area contributed by atoms with E-state index in [1.54, 1.807) is 0 Å². The molecular formula is C17H21NO. The maximum absolute atomic E-state index is 11.7.